The predicted octanol–water partition coefficient (Wildman–Crippen LogP) is 1.70. The van der Waals surface area contributed by atoms with Gasteiger partial charge in [0.2, 0.25) is 0 Å². The molecule has 0 atom stereocenters. The maximum Gasteiger partial charge on any atom is 0.271 e. The number of nitrogens with zero attached hydrogens (tertiary/aromatic N) is 4. The molecule has 1 aliphatic rings. The molecule has 0 aliphatic carbocycles. The molecule has 3 aromatic rings. The van der Waals surface area contributed by atoms with Gasteiger partial charge in [-0.15, -0.1) is 0 Å². The maximum absolute atomic E-state index is 12.0. The maximum atomic E-state index is 12.0. The Morgan fingerprint density at radius 2 is 2.20 bits per heavy atom. The highest BCUT2D eigenvalue weighted by Crippen LogP contribution is 2.23. The summed E-state index contributed by atoms with van der Waals surface area (Å²) in [5.41, 5.74) is 4.79. The SMILES string of the molecule is CCn1c(CN2CCc3[nH]nc(C(=O)NC)c3C2)nc2ccccc21. The minimum atomic E-state index is -0.139. The molecule has 0 bridgehead atoms. The number of imidazole rings is 1. The molecular weight excluding hydrogens is 316 g/mol. The van der Waals surface area contributed by atoms with E-state index in [-0.39, 0.29) is 5.91 Å². The van der Waals surface area contributed by atoms with Crippen LogP contribution in [0.15, 0.2) is 24.3 Å². The number of aromatic amines is 1. The number of carbonyl (C=O) groups is 1. The first-order chi connectivity index (χ1) is 12.2. The van der Waals surface area contributed by atoms with Crippen molar-refractivity contribution in [2.24, 2.45) is 0 Å². The van der Waals surface area contributed by atoms with E-state index in [9.17, 15) is 4.79 Å². The van der Waals surface area contributed by atoms with Crippen LogP contribution in [0.2, 0.25) is 0 Å². The molecular formula is C18H22N6O. The number of hydrogen-bond acceptors (Lipinski definition) is 4. The van der Waals surface area contributed by atoms with Crippen LogP contribution in [0.4, 0.5) is 0 Å². The Balaban J connectivity index is 1.61. The van der Waals surface area contributed by atoms with Gasteiger partial charge >= 0.3 is 0 Å². The number of hydrogen-bond donors (Lipinski definition) is 2. The number of fused-ring (bicyclic) bond motifs is 2. The lowest BCUT2D eigenvalue weighted by Crippen LogP contribution is -2.32. The van der Waals surface area contributed by atoms with E-state index in [1.165, 1.54) is 5.52 Å². The molecule has 1 aliphatic heterocycles. The smallest absolute Gasteiger partial charge is 0.271 e. The average Bonchev–Trinajstić information content (AvgIpc) is 3.21. The van der Waals surface area contributed by atoms with E-state index >= 15 is 0 Å². The van der Waals surface area contributed by atoms with Gasteiger partial charge in [0.05, 0.1) is 17.6 Å². The molecule has 7 heteroatoms. The van der Waals surface area contributed by atoms with Crippen LogP contribution in [-0.4, -0.2) is 44.1 Å². The van der Waals surface area contributed by atoms with Crippen LogP contribution in [0.5, 0.6) is 0 Å². The normalized spacial score (nSPS) is 14.6. The fourth-order valence-electron chi connectivity index (χ4n) is 3.59. The lowest BCUT2D eigenvalue weighted by molar-refractivity contribution is 0.0955. The third-order valence-electron chi connectivity index (χ3n) is 4.87. The monoisotopic (exact) mass is 338 g/mol. The number of rotatable bonds is 4. The molecule has 130 valence electrons. The van der Waals surface area contributed by atoms with Crippen molar-refractivity contribution in [3.8, 4) is 0 Å². The molecule has 4 rings (SSSR count). The third kappa shape index (κ3) is 2.70. The van der Waals surface area contributed by atoms with Crippen LogP contribution in [0.25, 0.3) is 11.0 Å². The lowest BCUT2D eigenvalue weighted by Gasteiger charge is -2.26. The molecule has 1 amide bonds. The second kappa shape index (κ2) is 6.33. The van der Waals surface area contributed by atoms with Crippen molar-refractivity contribution in [2.45, 2.75) is 33.0 Å². The molecule has 25 heavy (non-hydrogen) atoms. The van der Waals surface area contributed by atoms with Crippen molar-refractivity contribution in [2.75, 3.05) is 13.6 Å². The summed E-state index contributed by atoms with van der Waals surface area (Å²) in [6.45, 7) is 5.44. The van der Waals surface area contributed by atoms with E-state index < -0.39 is 0 Å². The number of aryl methyl sites for hydroxylation is 1. The van der Waals surface area contributed by atoms with Crippen molar-refractivity contribution < 1.29 is 4.79 Å². The van der Waals surface area contributed by atoms with Crippen molar-refractivity contribution >= 4 is 16.9 Å². The topological polar surface area (TPSA) is 78.8 Å². The minimum Gasteiger partial charge on any atom is -0.354 e. The zero-order valence-corrected chi connectivity index (χ0v) is 14.5. The molecule has 0 unspecified atom stereocenters. The quantitative estimate of drug-likeness (QED) is 0.759. The number of carbonyl (C=O) groups excluding carboxylic acids is 1. The Labute approximate surface area is 146 Å². The molecule has 2 aromatic heterocycles. The summed E-state index contributed by atoms with van der Waals surface area (Å²) in [5, 5.41) is 9.87. The number of benzene rings is 1. The van der Waals surface area contributed by atoms with E-state index in [0.717, 1.165) is 48.7 Å². The van der Waals surface area contributed by atoms with Gasteiger partial charge in [-0.05, 0) is 19.1 Å². The third-order valence-corrected chi connectivity index (χ3v) is 4.87. The van der Waals surface area contributed by atoms with Gasteiger partial charge in [-0.3, -0.25) is 14.8 Å². The Kier molecular flexibility index (Phi) is 4.01. The summed E-state index contributed by atoms with van der Waals surface area (Å²) in [4.78, 5) is 19.1. The Bertz CT molecular complexity index is 925. The van der Waals surface area contributed by atoms with Crippen LogP contribution in [0.3, 0.4) is 0 Å². The van der Waals surface area contributed by atoms with Crippen LogP contribution in [0.1, 0.15) is 34.5 Å². The summed E-state index contributed by atoms with van der Waals surface area (Å²) in [6, 6.07) is 8.24. The number of para-hydroxylation sites is 2. The van der Waals surface area contributed by atoms with Crippen LogP contribution in [0, 0.1) is 0 Å². The van der Waals surface area contributed by atoms with Crippen molar-refractivity contribution in [1.29, 1.82) is 0 Å². The molecule has 0 saturated carbocycles. The number of H-pyrrole nitrogens is 1. The van der Waals surface area contributed by atoms with E-state index in [1.807, 2.05) is 12.1 Å². The van der Waals surface area contributed by atoms with E-state index in [0.29, 0.717) is 12.2 Å². The van der Waals surface area contributed by atoms with Crippen molar-refractivity contribution in [1.82, 2.24) is 30.0 Å². The molecule has 0 saturated heterocycles. The molecule has 0 fully saturated rings. The highest BCUT2D eigenvalue weighted by Gasteiger charge is 2.26. The molecule has 1 aromatic carbocycles. The Hall–Kier alpha value is -2.67. The lowest BCUT2D eigenvalue weighted by atomic mass is 10.0. The zero-order valence-electron chi connectivity index (χ0n) is 14.5. The van der Waals surface area contributed by atoms with Gasteiger partial charge in [0.15, 0.2) is 5.69 Å². The van der Waals surface area contributed by atoms with Gasteiger partial charge < -0.3 is 9.88 Å². The van der Waals surface area contributed by atoms with E-state index in [2.05, 4.69) is 44.0 Å². The predicted molar refractivity (Wildman–Crippen MR) is 95.2 cm³/mol. The van der Waals surface area contributed by atoms with Crippen molar-refractivity contribution in [3.05, 3.63) is 47.0 Å². The molecule has 2 N–H and O–H groups in total. The first kappa shape index (κ1) is 15.8. The summed E-state index contributed by atoms with van der Waals surface area (Å²) in [6.07, 6.45) is 0.867. The van der Waals surface area contributed by atoms with Gasteiger partial charge in [0.1, 0.15) is 5.82 Å². The van der Waals surface area contributed by atoms with E-state index in [4.69, 9.17) is 4.98 Å². The fourth-order valence-corrected chi connectivity index (χ4v) is 3.59. The minimum absolute atomic E-state index is 0.139. The fraction of sp³-hybridized carbons (Fsp3) is 0.389. The van der Waals surface area contributed by atoms with Gasteiger partial charge in [-0.1, -0.05) is 12.1 Å². The van der Waals surface area contributed by atoms with E-state index in [1.54, 1.807) is 7.05 Å². The Morgan fingerprint density at radius 3 is 3.00 bits per heavy atom. The summed E-state index contributed by atoms with van der Waals surface area (Å²) in [5.74, 6) is 0.928. The zero-order chi connectivity index (χ0) is 17.4. The summed E-state index contributed by atoms with van der Waals surface area (Å²) < 4.78 is 2.26. The van der Waals surface area contributed by atoms with Crippen molar-refractivity contribution in [3.63, 3.8) is 0 Å². The van der Waals surface area contributed by atoms with Gasteiger partial charge in [0.25, 0.3) is 5.91 Å². The second-order valence-corrected chi connectivity index (χ2v) is 6.33. The first-order valence-corrected chi connectivity index (χ1v) is 8.66. The number of aromatic nitrogens is 4. The van der Waals surface area contributed by atoms with Gasteiger partial charge in [-0.25, -0.2) is 4.98 Å². The van der Waals surface area contributed by atoms with Gasteiger partial charge in [-0.2, -0.15) is 5.10 Å². The number of amides is 1. The molecule has 7 nitrogen and oxygen atoms in total. The average molecular weight is 338 g/mol. The highest BCUT2D eigenvalue weighted by atomic mass is 16.1. The van der Waals surface area contributed by atoms with Crippen LogP contribution < -0.4 is 5.32 Å². The Morgan fingerprint density at radius 1 is 1.36 bits per heavy atom. The summed E-state index contributed by atoms with van der Waals surface area (Å²) in [7, 11) is 1.63. The van der Waals surface area contributed by atoms with Gasteiger partial charge in [0, 0.05) is 44.4 Å². The number of nitrogens with one attached hydrogen (secondary N) is 2. The largest absolute Gasteiger partial charge is 0.354 e. The van der Waals surface area contributed by atoms with Crippen LogP contribution in [-0.2, 0) is 26.1 Å². The van der Waals surface area contributed by atoms with Crippen LogP contribution >= 0.6 is 0 Å². The highest BCUT2D eigenvalue weighted by molar-refractivity contribution is 5.93. The standard InChI is InChI=1S/C18H22N6O/c1-3-24-15-7-5-4-6-14(15)20-16(24)11-23-9-8-13-12(10-23)17(22-21-13)18(25)19-2/h4-7H,3,8-11H2,1-2H3,(H,19,25)(H,21,22). The molecule has 0 radical (unpaired) electrons. The second-order valence-electron chi connectivity index (χ2n) is 6.33. The first-order valence-electron chi connectivity index (χ1n) is 8.66. The molecule has 3 heterocycles. The summed E-state index contributed by atoms with van der Waals surface area (Å²) >= 11 is 0. The molecule has 0 spiro atoms.